The van der Waals surface area contributed by atoms with Crippen molar-refractivity contribution in [1.82, 2.24) is 0 Å². The van der Waals surface area contributed by atoms with Crippen LogP contribution in [-0.4, -0.2) is 5.75 Å². The van der Waals surface area contributed by atoms with E-state index in [1.54, 1.807) is 0 Å². The fourth-order valence-electron chi connectivity index (χ4n) is 0.807. The molecule has 0 aliphatic rings. The highest BCUT2D eigenvalue weighted by atomic mass is 79.9. The van der Waals surface area contributed by atoms with E-state index in [4.69, 9.17) is 0 Å². The van der Waals surface area contributed by atoms with Gasteiger partial charge in [0.15, 0.2) is 0 Å². The molecule has 13 heavy (non-hydrogen) atoms. The second-order valence-corrected chi connectivity index (χ2v) is 4.62. The second-order valence-electron chi connectivity index (χ2n) is 2.40. The molecule has 0 heterocycles. The Bertz CT molecular complexity index is 350. The lowest BCUT2D eigenvalue weighted by Gasteiger charge is -1.95. The van der Waals surface area contributed by atoms with Gasteiger partial charge in [-0.15, -0.1) is 0 Å². The van der Waals surface area contributed by atoms with Crippen molar-refractivity contribution in [2.45, 2.75) is 6.42 Å². The molecule has 0 unspecified atom stereocenters. The lowest BCUT2D eigenvalue weighted by atomic mass is 10.2. The van der Waals surface area contributed by atoms with E-state index in [2.05, 4.69) is 56.3 Å². The van der Waals surface area contributed by atoms with Crippen LogP contribution in [0.4, 0.5) is 0 Å². The van der Waals surface area contributed by atoms with Crippen LogP contribution in [0.5, 0.6) is 0 Å². The monoisotopic (exact) mass is 318 g/mol. The first-order valence-electron chi connectivity index (χ1n) is 3.79. The van der Waals surface area contributed by atoms with Gasteiger partial charge in [-0.1, -0.05) is 27.8 Å². The van der Waals surface area contributed by atoms with Gasteiger partial charge in [0.25, 0.3) is 0 Å². The van der Waals surface area contributed by atoms with Crippen LogP contribution in [-0.2, 0) is 0 Å². The number of halogens is 2. The van der Waals surface area contributed by atoms with Crippen LogP contribution in [0.2, 0.25) is 0 Å². The summed E-state index contributed by atoms with van der Waals surface area (Å²) in [6.07, 6.45) is 0.821. The SMILES string of the molecule is SCCC#Cc1cc(Br)ccc1Br. The first kappa shape index (κ1) is 11.2. The Hall–Kier alpha value is 0.0900. The molecule has 1 aromatic carbocycles. The topological polar surface area (TPSA) is 0 Å². The van der Waals surface area contributed by atoms with Crippen LogP contribution in [0.3, 0.4) is 0 Å². The Balaban J connectivity index is 2.89. The fraction of sp³-hybridized carbons (Fsp3) is 0.200. The van der Waals surface area contributed by atoms with E-state index in [-0.39, 0.29) is 0 Å². The predicted octanol–water partition coefficient (Wildman–Crippen LogP) is 3.88. The summed E-state index contributed by atoms with van der Waals surface area (Å²) < 4.78 is 2.08. The van der Waals surface area contributed by atoms with Gasteiger partial charge >= 0.3 is 0 Å². The standard InChI is InChI=1S/C10H8Br2S/c11-9-4-5-10(12)8(7-9)3-1-2-6-13/h4-5,7,13H,2,6H2. The van der Waals surface area contributed by atoms with Gasteiger partial charge in [0.1, 0.15) is 0 Å². The third-order valence-corrected chi connectivity index (χ3v) is 2.80. The van der Waals surface area contributed by atoms with E-state index >= 15 is 0 Å². The van der Waals surface area contributed by atoms with Crippen molar-refractivity contribution in [2.24, 2.45) is 0 Å². The average Bonchev–Trinajstić information content (AvgIpc) is 2.11. The second kappa shape index (κ2) is 5.74. The minimum atomic E-state index is 0.804. The number of thiol groups is 1. The van der Waals surface area contributed by atoms with Crippen molar-refractivity contribution in [2.75, 3.05) is 5.75 Å². The largest absolute Gasteiger partial charge is 0.178 e. The summed E-state index contributed by atoms with van der Waals surface area (Å²) in [6, 6.07) is 5.96. The molecule has 0 spiro atoms. The van der Waals surface area contributed by atoms with E-state index < -0.39 is 0 Å². The van der Waals surface area contributed by atoms with Crippen molar-refractivity contribution in [3.8, 4) is 11.8 Å². The van der Waals surface area contributed by atoms with Crippen molar-refractivity contribution in [3.63, 3.8) is 0 Å². The third-order valence-electron chi connectivity index (χ3n) is 1.39. The Morgan fingerprint density at radius 1 is 1.31 bits per heavy atom. The summed E-state index contributed by atoms with van der Waals surface area (Å²) >= 11 is 10.9. The first-order chi connectivity index (χ1) is 6.24. The normalized spacial score (nSPS) is 9.15. The minimum absolute atomic E-state index is 0.804. The smallest absolute Gasteiger partial charge is 0.0398 e. The molecule has 0 atom stereocenters. The van der Waals surface area contributed by atoms with Crippen LogP contribution in [0, 0.1) is 11.8 Å². The highest BCUT2D eigenvalue weighted by Crippen LogP contribution is 2.20. The lowest BCUT2D eigenvalue weighted by molar-refractivity contribution is 1.31. The van der Waals surface area contributed by atoms with Crippen molar-refractivity contribution in [3.05, 3.63) is 32.7 Å². The highest BCUT2D eigenvalue weighted by molar-refractivity contribution is 9.11. The Morgan fingerprint density at radius 3 is 2.77 bits per heavy atom. The number of benzene rings is 1. The molecule has 0 nitrogen and oxygen atoms in total. The van der Waals surface area contributed by atoms with Crippen LogP contribution in [0.25, 0.3) is 0 Å². The zero-order valence-electron chi connectivity index (χ0n) is 6.85. The van der Waals surface area contributed by atoms with Crippen molar-refractivity contribution < 1.29 is 0 Å². The Labute approximate surface area is 101 Å². The Morgan fingerprint density at radius 2 is 2.08 bits per heavy atom. The van der Waals surface area contributed by atoms with Gasteiger partial charge in [0, 0.05) is 26.7 Å². The molecule has 0 aliphatic heterocycles. The van der Waals surface area contributed by atoms with E-state index in [1.807, 2.05) is 18.2 Å². The van der Waals surface area contributed by atoms with E-state index in [0.717, 1.165) is 26.7 Å². The lowest BCUT2D eigenvalue weighted by Crippen LogP contribution is -1.77. The summed E-state index contributed by atoms with van der Waals surface area (Å²) in [5, 5.41) is 0. The Kier molecular flexibility index (Phi) is 4.93. The van der Waals surface area contributed by atoms with Gasteiger partial charge < -0.3 is 0 Å². The predicted molar refractivity (Wildman–Crippen MR) is 67.2 cm³/mol. The summed E-state index contributed by atoms with van der Waals surface area (Å²) in [5.74, 6) is 6.93. The molecule has 0 aliphatic carbocycles. The van der Waals surface area contributed by atoms with Gasteiger partial charge in [-0.3, -0.25) is 0 Å². The minimum Gasteiger partial charge on any atom is -0.178 e. The third kappa shape index (κ3) is 3.76. The molecule has 3 heteroatoms. The molecule has 1 rings (SSSR count). The van der Waals surface area contributed by atoms with Crippen molar-refractivity contribution >= 4 is 44.5 Å². The van der Waals surface area contributed by atoms with Gasteiger partial charge in [0.2, 0.25) is 0 Å². The summed E-state index contributed by atoms with van der Waals surface area (Å²) in [7, 11) is 0. The molecule has 0 saturated heterocycles. The molecule has 0 amide bonds. The molecule has 0 bridgehead atoms. The molecule has 0 saturated carbocycles. The summed E-state index contributed by atoms with van der Waals surface area (Å²) in [6.45, 7) is 0. The molecule has 0 aromatic heterocycles. The van der Waals surface area contributed by atoms with E-state index in [1.165, 1.54) is 0 Å². The molecule has 68 valence electrons. The van der Waals surface area contributed by atoms with Crippen LogP contribution < -0.4 is 0 Å². The molecular weight excluding hydrogens is 312 g/mol. The van der Waals surface area contributed by atoms with Crippen molar-refractivity contribution in [1.29, 1.82) is 0 Å². The van der Waals surface area contributed by atoms with Crippen LogP contribution >= 0.6 is 44.5 Å². The molecular formula is C10H8Br2S. The maximum atomic E-state index is 4.09. The number of hydrogen-bond acceptors (Lipinski definition) is 1. The molecule has 0 N–H and O–H groups in total. The zero-order chi connectivity index (χ0) is 9.68. The fourth-order valence-corrected chi connectivity index (χ4v) is 1.63. The maximum absolute atomic E-state index is 4.09. The zero-order valence-corrected chi connectivity index (χ0v) is 10.9. The van der Waals surface area contributed by atoms with E-state index in [9.17, 15) is 0 Å². The summed E-state index contributed by atoms with van der Waals surface area (Å²) in [5.41, 5.74) is 1.01. The number of hydrogen-bond donors (Lipinski definition) is 1. The molecule has 0 radical (unpaired) electrons. The maximum Gasteiger partial charge on any atom is 0.0398 e. The highest BCUT2D eigenvalue weighted by Gasteiger charge is 1.95. The van der Waals surface area contributed by atoms with Crippen LogP contribution in [0.1, 0.15) is 12.0 Å². The van der Waals surface area contributed by atoms with Gasteiger partial charge in [-0.05, 0) is 34.1 Å². The molecule has 1 aromatic rings. The van der Waals surface area contributed by atoms with Gasteiger partial charge in [-0.2, -0.15) is 12.6 Å². The average molecular weight is 320 g/mol. The quantitative estimate of drug-likeness (QED) is 0.589. The summed E-state index contributed by atoms with van der Waals surface area (Å²) in [4.78, 5) is 0. The van der Waals surface area contributed by atoms with Gasteiger partial charge in [-0.25, -0.2) is 0 Å². The number of rotatable bonds is 1. The van der Waals surface area contributed by atoms with Gasteiger partial charge in [0.05, 0.1) is 0 Å². The first-order valence-corrected chi connectivity index (χ1v) is 6.00. The van der Waals surface area contributed by atoms with Crippen LogP contribution in [0.15, 0.2) is 27.1 Å². The van der Waals surface area contributed by atoms with E-state index in [0.29, 0.717) is 0 Å². The molecule has 0 fully saturated rings.